The lowest BCUT2D eigenvalue weighted by Crippen LogP contribution is -2.45. The first-order chi connectivity index (χ1) is 10.3. The lowest BCUT2D eigenvalue weighted by Gasteiger charge is -2.25. The minimum Gasteiger partial charge on any atom is -0.469 e. The Kier molecular flexibility index (Phi) is 8.69. The molecule has 0 radical (unpaired) electrons. The van der Waals surface area contributed by atoms with Gasteiger partial charge in [-0.1, -0.05) is 15.9 Å². The monoisotopic (exact) mass is 382 g/mol. The number of ether oxygens (including phenoxy) is 4. The van der Waals surface area contributed by atoms with Gasteiger partial charge in [-0.3, -0.25) is 9.59 Å². The minimum atomic E-state index is -1.86. The quantitative estimate of drug-likeness (QED) is 0.260. The molecule has 0 aliphatic carbocycles. The van der Waals surface area contributed by atoms with Crippen LogP contribution >= 0.6 is 15.9 Å². The fourth-order valence-corrected chi connectivity index (χ4v) is 2.49. The fourth-order valence-electron chi connectivity index (χ4n) is 1.78. The number of rotatable bonds is 8. The molecule has 0 N–H and O–H groups in total. The number of hydrogen-bond acceptors (Lipinski definition) is 8. The minimum absolute atomic E-state index is 0.0423. The van der Waals surface area contributed by atoms with Crippen molar-refractivity contribution in [3.63, 3.8) is 0 Å². The molecule has 1 unspecified atom stereocenters. The zero-order chi connectivity index (χ0) is 17.3. The number of carbonyl (C=O) groups excluding carboxylic acids is 4. The summed E-state index contributed by atoms with van der Waals surface area (Å²) in [6.45, 7) is 0. The first kappa shape index (κ1) is 20.4. The number of hydrogen-bond donors (Lipinski definition) is 0. The van der Waals surface area contributed by atoms with Crippen molar-refractivity contribution in [3.8, 4) is 0 Å². The summed E-state index contributed by atoms with van der Waals surface area (Å²) in [5.74, 6) is -3.91. The maximum absolute atomic E-state index is 11.9. The van der Waals surface area contributed by atoms with Gasteiger partial charge in [-0.25, -0.2) is 9.59 Å². The van der Waals surface area contributed by atoms with Gasteiger partial charge in [0.1, 0.15) is 0 Å². The summed E-state index contributed by atoms with van der Waals surface area (Å²) >= 11 is 2.99. The average Bonchev–Trinajstić information content (AvgIpc) is 2.55. The summed E-state index contributed by atoms with van der Waals surface area (Å²) in [6, 6.07) is 0. The molecule has 0 saturated carbocycles. The summed E-state index contributed by atoms with van der Waals surface area (Å²) in [6.07, 6.45) is -0.307. The molecule has 0 amide bonds. The molecule has 8 nitrogen and oxygen atoms in total. The van der Waals surface area contributed by atoms with Gasteiger partial charge < -0.3 is 18.9 Å². The van der Waals surface area contributed by atoms with E-state index >= 15 is 0 Å². The summed E-state index contributed by atoms with van der Waals surface area (Å²) in [5.41, 5.74) is 0. The summed E-state index contributed by atoms with van der Waals surface area (Å²) < 4.78 is 16.4. The van der Waals surface area contributed by atoms with E-state index in [9.17, 15) is 19.2 Å². The number of esters is 4. The smallest absolute Gasteiger partial charge is 0.334 e. The van der Waals surface area contributed by atoms with Crippen LogP contribution in [-0.2, 0) is 38.1 Å². The van der Waals surface area contributed by atoms with Gasteiger partial charge >= 0.3 is 23.9 Å². The Labute approximate surface area is 136 Å². The van der Waals surface area contributed by atoms with Crippen LogP contribution in [0.4, 0.5) is 0 Å². The van der Waals surface area contributed by atoms with E-state index in [1.54, 1.807) is 0 Å². The summed E-state index contributed by atoms with van der Waals surface area (Å²) in [7, 11) is 4.58. The third-order valence-corrected chi connectivity index (χ3v) is 3.98. The van der Waals surface area contributed by atoms with Crippen molar-refractivity contribution in [1.82, 2.24) is 0 Å². The van der Waals surface area contributed by atoms with Crippen molar-refractivity contribution >= 4 is 39.8 Å². The standard InChI is InChI=1S/C13H19BrO8/c1-19-9(15)6-5-8(10(16)20-2)7-13(14,11(17)21-3)12(18)22-4/h8H,5-7H2,1-4H3. The normalized spacial score (nSPS) is 12.0. The van der Waals surface area contributed by atoms with Crippen molar-refractivity contribution in [1.29, 1.82) is 0 Å². The van der Waals surface area contributed by atoms with Crippen molar-refractivity contribution in [2.24, 2.45) is 5.92 Å². The average molecular weight is 383 g/mol. The Balaban J connectivity index is 5.28. The van der Waals surface area contributed by atoms with Gasteiger partial charge in [0.05, 0.1) is 34.4 Å². The largest absolute Gasteiger partial charge is 0.469 e. The van der Waals surface area contributed by atoms with Gasteiger partial charge in [0.2, 0.25) is 4.32 Å². The lowest BCUT2D eigenvalue weighted by molar-refractivity contribution is -0.157. The highest BCUT2D eigenvalue weighted by atomic mass is 79.9. The molecule has 1 atom stereocenters. The van der Waals surface area contributed by atoms with Crippen molar-refractivity contribution in [3.05, 3.63) is 0 Å². The van der Waals surface area contributed by atoms with E-state index in [4.69, 9.17) is 0 Å². The molecule has 9 heteroatoms. The predicted molar refractivity (Wildman–Crippen MR) is 77.1 cm³/mol. The molecule has 0 heterocycles. The van der Waals surface area contributed by atoms with Crippen molar-refractivity contribution in [2.75, 3.05) is 28.4 Å². The highest BCUT2D eigenvalue weighted by molar-refractivity contribution is 9.10. The number of carbonyl (C=O) groups is 4. The molecular formula is C13H19BrO8. The number of alkyl halides is 1. The van der Waals surface area contributed by atoms with Gasteiger partial charge in [0.15, 0.2) is 0 Å². The van der Waals surface area contributed by atoms with E-state index in [1.807, 2.05) is 0 Å². The topological polar surface area (TPSA) is 105 Å². The third kappa shape index (κ3) is 5.28. The number of methoxy groups -OCH3 is 4. The molecule has 0 bridgehead atoms. The SMILES string of the molecule is COC(=O)CCC(CC(Br)(C(=O)OC)C(=O)OC)C(=O)OC. The Hall–Kier alpha value is -1.64. The molecule has 0 fully saturated rings. The van der Waals surface area contributed by atoms with Crippen LogP contribution < -0.4 is 0 Å². The Bertz CT molecular complexity index is 418. The summed E-state index contributed by atoms with van der Waals surface area (Å²) in [4.78, 5) is 46.7. The molecule has 126 valence electrons. The van der Waals surface area contributed by atoms with E-state index in [2.05, 4.69) is 34.9 Å². The first-order valence-electron chi connectivity index (χ1n) is 6.27. The van der Waals surface area contributed by atoms with Crippen LogP contribution in [0.15, 0.2) is 0 Å². The van der Waals surface area contributed by atoms with E-state index in [0.717, 1.165) is 14.2 Å². The van der Waals surface area contributed by atoms with Gasteiger partial charge in [0.25, 0.3) is 0 Å². The molecule has 0 aromatic heterocycles. The van der Waals surface area contributed by atoms with E-state index in [0.29, 0.717) is 0 Å². The van der Waals surface area contributed by atoms with Crippen molar-refractivity contribution in [2.45, 2.75) is 23.6 Å². The molecule has 0 aliphatic heterocycles. The summed E-state index contributed by atoms with van der Waals surface area (Å²) in [5, 5.41) is 0. The molecule has 0 saturated heterocycles. The molecule has 0 spiro atoms. The Morgan fingerprint density at radius 2 is 1.41 bits per heavy atom. The number of halogens is 1. The third-order valence-electron chi connectivity index (χ3n) is 3.00. The van der Waals surface area contributed by atoms with E-state index < -0.39 is 34.1 Å². The maximum atomic E-state index is 11.9. The molecule has 0 rings (SSSR count). The highest BCUT2D eigenvalue weighted by Crippen LogP contribution is 2.32. The van der Waals surface area contributed by atoms with Crippen LogP contribution in [0.25, 0.3) is 0 Å². The van der Waals surface area contributed by atoms with Crippen LogP contribution in [-0.4, -0.2) is 56.6 Å². The second kappa shape index (κ2) is 9.39. The molecule has 22 heavy (non-hydrogen) atoms. The predicted octanol–water partition coefficient (Wildman–Crippen LogP) is 0.599. The van der Waals surface area contributed by atoms with Crippen LogP contribution in [0.5, 0.6) is 0 Å². The van der Waals surface area contributed by atoms with Crippen LogP contribution in [0.3, 0.4) is 0 Å². The molecule has 0 aromatic rings. The highest BCUT2D eigenvalue weighted by Gasteiger charge is 2.49. The van der Waals surface area contributed by atoms with Gasteiger partial charge in [-0.05, 0) is 12.8 Å². The van der Waals surface area contributed by atoms with Crippen LogP contribution in [0.2, 0.25) is 0 Å². The Morgan fingerprint density at radius 3 is 1.77 bits per heavy atom. The zero-order valence-electron chi connectivity index (χ0n) is 12.8. The fraction of sp³-hybridized carbons (Fsp3) is 0.692. The van der Waals surface area contributed by atoms with Gasteiger partial charge in [0, 0.05) is 6.42 Å². The first-order valence-corrected chi connectivity index (χ1v) is 7.06. The second-order valence-electron chi connectivity index (χ2n) is 4.32. The van der Waals surface area contributed by atoms with Gasteiger partial charge in [-0.15, -0.1) is 0 Å². The van der Waals surface area contributed by atoms with E-state index in [-0.39, 0.29) is 19.3 Å². The van der Waals surface area contributed by atoms with Crippen LogP contribution in [0.1, 0.15) is 19.3 Å². The lowest BCUT2D eigenvalue weighted by atomic mass is 9.90. The van der Waals surface area contributed by atoms with Crippen molar-refractivity contribution < 1.29 is 38.1 Å². The molecule has 0 aromatic carbocycles. The molecular weight excluding hydrogens is 364 g/mol. The Morgan fingerprint density at radius 1 is 0.909 bits per heavy atom. The second-order valence-corrected chi connectivity index (χ2v) is 5.68. The molecule has 0 aliphatic rings. The van der Waals surface area contributed by atoms with Gasteiger partial charge in [-0.2, -0.15) is 0 Å². The van der Waals surface area contributed by atoms with Crippen LogP contribution in [0, 0.1) is 5.92 Å². The van der Waals surface area contributed by atoms with E-state index in [1.165, 1.54) is 14.2 Å². The zero-order valence-corrected chi connectivity index (χ0v) is 14.4. The maximum Gasteiger partial charge on any atom is 0.334 e.